The van der Waals surface area contributed by atoms with E-state index in [-0.39, 0.29) is 29.3 Å². The summed E-state index contributed by atoms with van der Waals surface area (Å²) in [6.45, 7) is 20.0. The van der Waals surface area contributed by atoms with E-state index in [2.05, 4.69) is 64.6 Å². The second-order valence-corrected chi connectivity index (χ2v) is 18.7. The third-order valence-electron chi connectivity index (χ3n) is 7.74. The summed E-state index contributed by atoms with van der Waals surface area (Å²) in [4.78, 5) is 10.4. The highest BCUT2D eigenvalue weighted by Crippen LogP contribution is 2.39. The van der Waals surface area contributed by atoms with Crippen LogP contribution in [0.3, 0.4) is 0 Å². The topological polar surface area (TPSA) is 103 Å². The summed E-state index contributed by atoms with van der Waals surface area (Å²) in [7, 11) is -1.79. The molecule has 3 N–H and O–H groups in total. The van der Waals surface area contributed by atoms with Gasteiger partial charge in [0, 0.05) is 28.3 Å². The van der Waals surface area contributed by atoms with Gasteiger partial charge in [0.1, 0.15) is 0 Å². The maximum Gasteiger partial charge on any atom is 0.192 e. The van der Waals surface area contributed by atoms with Gasteiger partial charge in [-0.15, -0.1) is 34.8 Å². The maximum atomic E-state index is 9.78. The molecule has 0 spiro atoms. The van der Waals surface area contributed by atoms with Crippen molar-refractivity contribution in [1.29, 1.82) is 0 Å². The Morgan fingerprint density at radius 3 is 1.73 bits per heavy atom. The molecule has 0 aromatic carbocycles. The summed E-state index contributed by atoms with van der Waals surface area (Å²) >= 11 is 3.23. The number of nitrogens with zero attached hydrogens (tertiary/aromatic N) is 2. The average Bonchev–Trinajstić information content (AvgIpc) is 3.51. The van der Waals surface area contributed by atoms with Crippen LogP contribution < -0.4 is 0 Å². The Kier molecular flexibility index (Phi) is 15.2. The lowest BCUT2D eigenvalue weighted by atomic mass is 9.95. The summed E-state index contributed by atoms with van der Waals surface area (Å²) < 4.78 is 6.65. The summed E-state index contributed by atoms with van der Waals surface area (Å²) in [6.07, 6.45) is 8.50. The quantitative estimate of drug-likeness (QED) is 0.230. The Labute approximate surface area is 235 Å². The van der Waals surface area contributed by atoms with E-state index >= 15 is 0 Å². The molecule has 0 saturated heterocycles. The van der Waals surface area contributed by atoms with Crippen molar-refractivity contribution >= 4 is 31.0 Å². The summed E-state index contributed by atoms with van der Waals surface area (Å²) in [6, 6.07) is -0.321. The van der Waals surface area contributed by atoms with Gasteiger partial charge in [0.25, 0.3) is 0 Å². The first-order valence-corrected chi connectivity index (χ1v) is 18.4. The zero-order valence-corrected chi connectivity index (χ0v) is 27.2. The van der Waals surface area contributed by atoms with Gasteiger partial charge in [-0.25, -0.2) is 0 Å². The fourth-order valence-electron chi connectivity index (χ4n) is 3.63. The lowest BCUT2D eigenvalue weighted by Crippen LogP contribution is -2.46. The lowest BCUT2D eigenvalue weighted by molar-refractivity contribution is 0.102. The van der Waals surface area contributed by atoms with Crippen molar-refractivity contribution in [1.82, 2.24) is 9.97 Å². The van der Waals surface area contributed by atoms with Gasteiger partial charge in [-0.1, -0.05) is 61.3 Å². The largest absolute Gasteiger partial charge is 0.674 e. The van der Waals surface area contributed by atoms with E-state index in [9.17, 15) is 5.11 Å². The summed E-state index contributed by atoms with van der Waals surface area (Å²) in [5.74, 6) is 0.794. The van der Waals surface area contributed by atoms with Crippen molar-refractivity contribution in [3.63, 3.8) is 0 Å². The molecule has 6 atom stereocenters. The van der Waals surface area contributed by atoms with Crippen molar-refractivity contribution in [2.24, 2.45) is 11.8 Å². The van der Waals surface area contributed by atoms with E-state index in [1.807, 2.05) is 24.8 Å². The fraction of sp³-hybridized carbons (Fsp3) is 0.786. The van der Waals surface area contributed by atoms with Gasteiger partial charge >= 0.3 is 0 Å². The van der Waals surface area contributed by atoms with Crippen molar-refractivity contribution in [2.75, 3.05) is 0 Å². The van der Waals surface area contributed by atoms with E-state index in [1.54, 1.807) is 28.2 Å². The zero-order valence-electron chi connectivity index (χ0n) is 24.6. The predicted octanol–water partition coefficient (Wildman–Crippen LogP) is 8.84. The minimum absolute atomic E-state index is 0.107. The first-order chi connectivity index (χ1) is 17.2. The molecule has 0 aliphatic heterocycles. The Bertz CT molecular complexity index is 828. The maximum absolute atomic E-state index is 9.78. The van der Waals surface area contributed by atoms with Crippen LogP contribution in [-0.2, 0) is 17.3 Å². The molecular formula is C28H52N4O2S2Si-2. The van der Waals surface area contributed by atoms with Crippen LogP contribution in [0, 0.1) is 11.8 Å². The highest BCUT2D eigenvalue weighted by molar-refractivity contribution is 7.09. The summed E-state index contributed by atoms with van der Waals surface area (Å²) in [5.41, 5.74) is 19.9. The molecule has 2 aromatic rings. The number of aromatic nitrogens is 2. The molecule has 0 amide bonds. The van der Waals surface area contributed by atoms with Crippen LogP contribution >= 0.6 is 22.7 Å². The Morgan fingerprint density at radius 2 is 1.35 bits per heavy atom. The molecule has 6 nitrogen and oxygen atoms in total. The monoisotopic (exact) mass is 568 g/mol. The van der Waals surface area contributed by atoms with Crippen molar-refractivity contribution < 1.29 is 9.53 Å². The molecule has 0 radical (unpaired) electrons. The second-order valence-electron chi connectivity index (χ2n) is 12.0. The molecule has 0 fully saturated rings. The minimum Gasteiger partial charge on any atom is -0.674 e. The summed E-state index contributed by atoms with van der Waals surface area (Å²) in [5, 5.41) is 10.0. The highest BCUT2D eigenvalue weighted by Gasteiger charge is 2.39. The number of thiazole rings is 2. The molecule has 0 aliphatic carbocycles. The number of aliphatic hydroxyl groups excluding tert-OH is 1. The normalized spacial score (nSPS) is 17.3. The van der Waals surface area contributed by atoms with Crippen molar-refractivity contribution in [2.45, 2.75) is 129 Å². The van der Waals surface area contributed by atoms with E-state index < -0.39 is 8.32 Å². The third-order valence-corrected chi connectivity index (χ3v) is 13.8. The molecule has 2 aromatic heterocycles. The predicted molar refractivity (Wildman–Crippen MR) is 164 cm³/mol. The van der Waals surface area contributed by atoms with Gasteiger partial charge in [0.15, 0.2) is 8.32 Å². The minimum atomic E-state index is -1.79. The Hall–Kier alpha value is -0.683. The third kappa shape index (κ3) is 12.8. The molecule has 0 bridgehead atoms. The van der Waals surface area contributed by atoms with Crippen LogP contribution in [0.5, 0.6) is 0 Å². The zero-order chi connectivity index (χ0) is 28.2. The van der Waals surface area contributed by atoms with Gasteiger partial charge in [-0.05, 0) is 55.7 Å². The number of rotatable bonds is 14. The molecule has 0 saturated carbocycles. The smallest absolute Gasteiger partial charge is 0.192 e. The second kappa shape index (κ2) is 16.4. The highest BCUT2D eigenvalue weighted by atomic mass is 32.1. The van der Waals surface area contributed by atoms with Crippen LogP contribution in [0.1, 0.15) is 83.9 Å². The number of hydrogen-bond donors (Lipinski definition) is 1. The van der Waals surface area contributed by atoms with Crippen LogP contribution in [0.25, 0.3) is 11.5 Å². The van der Waals surface area contributed by atoms with Crippen LogP contribution in [0.15, 0.2) is 23.4 Å². The van der Waals surface area contributed by atoms with E-state index in [1.165, 1.54) is 4.88 Å². The SMILES string of the molecule is CCC(C)C(CC([NH-])Cc1cncs1)O[Si](C)(C)C(C)(C)C.CCC(C)C(O)CC([NH-])Cc1cncs1. The standard InChI is InChI=1S/C17H33N2OSSi.C11H19N2OS/c1-8-13(2)16(20-22(6,7)17(3,4)5)10-14(18)9-15-11-19-12-21-15;1-3-8(2)11(14)5-9(12)4-10-6-13-7-15-10/h11-14,16,18H,8-10H2,1-7H3;6-9,11-12,14H,3-5H2,1-2H3/q2*-1. The molecule has 37 heavy (non-hydrogen) atoms. The van der Waals surface area contributed by atoms with Gasteiger partial charge in [-0.2, -0.15) is 0 Å². The van der Waals surface area contributed by atoms with E-state index in [4.69, 9.17) is 15.9 Å². The van der Waals surface area contributed by atoms with Crippen LogP contribution in [0.2, 0.25) is 18.1 Å². The Balaban J connectivity index is 0.000000397. The molecule has 2 rings (SSSR count). The first-order valence-electron chi connectivity index (χ1n) is 13.7. The molecule has 214 valence electrons. The van der Waals surface area contributed by atoms with Crippen LogP contribution in [-0.4, -0.2) is 47.7 Å². The van der Waals surface area contributed by atoms with E-state index in [0.29, 0.717) is 24.7 Å². The fourth-order valence-corrected chi connectivity index (χ4v) is 6.42. The first kappa shape index (κ1) is 34.3. The van der Waals surface area contributed by atoms with Gasteiger partial charge in [0.05, 0.1) is 17.1 Å². The number of nitrogens with one attached hydrogen (secondary N) is 2. The molecular weight excluding hydrogens is 517 g/mol. The average molecular weight is 569 g/mol. The molecule has 6 unspecified atom stereocenters. The van der Waals surface area contributed by atoms with Gasteiger partial charge in [-0.3, -0.25) is 9.97 Å². The van der Waals surface area contributed by atoms with Crippen molar-refractivity contribution in [3.05, 3.63) is 44.6 Å². The molecule has 9 heteroatoms. The van der Waals surface area contributed by atoms with Gasteiger partial charge in [0.2, 0.25) is 0 Å². The number of aliphatic hydroxyl groups is 1. The molecule has 0 aliphatic rings. The molecule has 2 heterocycles. The van der Waals surface area contributed by atoms with Crippen molar-refractivity contribution in [3.8, 4) is 0 Å². The van der Waals surface area contributed by atoms with Crippen LogP contribution in [0.4, 0.5) is 0 Å². The van der Waals surface area contributed by atoms with Gasteiger partial charge < -0.3 is 21.0 Å². The lowest BCUT2D eigenvalue weighted by Gasteiger charge is -2.42. The Morgan fingerprint density at radius 1 is 0.892 bits per heavy atom. The number of hydrogen-bond acceptors (Lipinski definition) is 6. The van der Waals surface area contributed by atoms with E-state index in [0.717, 1.165) is 30.6 Å².